The molecule has 5 nitrogen and oxygen atoms in total. The van der Waals surface area contributed by atoms with Gasteiger partial charge in [-0.1, -0.05) is 18.2 Å². The minimum Gasteiger partial charge on any atom is -0.543 e. The van der Waals surface area contributed by atoms with Crippen molar-refractivity contribution in [3.8, 4) is 0 Å². The first-order chi connectivity index (χ1) is 7.11. The van der Waals surface area contributed by atoms with E-state index in [2.05, 4.69) is 10.5 Å². The zero-order valence-electron chi connectivity index (χ0n) is 8.06. The average Bonchev–Trinajstić information content (AvgIpc) is 2.26. The van der Waals surface area contributed by atoms with Crippen LogP contribution in [0, 0.1) is 0 Å². The van der Waals surface area contributed by atoms with Crippen molar-refractivity contribution in [2.45, 2.75) is 6.92 Å². The summed E-state index contributed by atoms with van der Waals surface area (Å²) >= 11 is 0. The third-order valence-corrected chi connectivity index (χ3v) is 1.66. The Balaban J connectivity index is 2.66. The molecule has 1 amide bonds. The lowest BCUT2D eigenvalue weighted by molar-refractivity contribution is -0.294. The van der Waals surface area contributed by atoms with Gasteiger partial charge in [-0.25, -0.2) is 5.43 Å². The molecule has 1 aromatic rings. The predicted octanol–water partition coefficient (Wildman–Crippen LogP) is -0.458. The Kier molecular flexibility index (Phi) is 3.56. The Bertz CT molecular complexity index is 398. The molecule has 0 aliphatic heterocycles. The molecule has 0 saturated heterocycles. The molecule has 0 aliphatic carbocycles. The number of benzene rings is 1. The summed E-state index contributed by atoms with van der Waals surface area (Å²) in [5, 5.41) is 13.6. The predicted molar refractivity (Wildman–Crippen MR) is 52.0 cm³/mol. The van der Waals surface area contributed by atoms with Crippen molar-refractivity contribution < 1.29 is 14.7 Å². The standard InChI is InChI=1S/C10H10N2O3/c1-7(10(14)15)11-12-9(13)8-5-3-2-4-6-8/h2-6H,1H3,(H,12,13)(H,14,15)/p-1/b11-7+. The summed E-state index contributed by atoms with van der Waals surface area (Å²) in [5.74, 6) is -1.88. The number of carboxylic acid groups (broad SMARTS) is 1. The Morgan fingerprint density at radius 1 is 1.27 bits per heavy atom. The number of carbonyl (C=O) groups is 2. The number of hydrogen-bond acceptors (Lipinski definition) is 4. The van der Waals surface area contributed by atoms with Gasteiger partial charge in [0.1, 0.15) is 0 Å². The molecule has 0 radical (unpaired) electrons. The van der Waals surface area contributed by atoms with Gasteiger partial charge in [-0.3, -0.25) is 4.79 Å². The molecule has 0 fully saturated rings. The van der Waals surface area contributed by atoms with E-state index in [4.69, 9.17) is 0 Å². The van der Waals surface area contributed by atoms with Crippen LogP contribution in [0.15, 0.2) is 35.4 Å². The van der Waals surface area contributed by atoms with Crippen LogP contribution in [0.3, 0.4) is 0 Å². The fourth-order valence-electron chi connectivity index (χ4n) is 0.834. The maximum Gasteiger partial charge on any atom is 0.271 e. The highest BCUT2D eigenvalue weighted by atomic mass is 16.4. The first kappa shape index (κ1) is 10.9. The number of aliphatic carboxylic acids is 1. The molecule has 0 saturated carbocycles. The van der Waals surface area contributed by atoms with Crippen molar-refractivity contribution >= 4 is 17.6 Å². The Hall–Kier alpha value is -2.17. The van der Waals surface area contributed by atoms with Crippen molar-refractivity contribution in [3.05, 3.63) is 35.9 Å². The van der Waals surface area contributed by atoms with Crippen LogP contribution < -0.4 is 10.5 Å². The summed E-state index contributed by atoms with van der Waals surface area (Å²) in [4.78, 5) is 21.6. The summed E-state index contributed by atoms with van der Waals surface area (Å²) in [6.45, 7) is 1.24. The van der Waals surface area contributed by atoms with Crippen LogP contribution in [-0.4, -0.2) is 17.6 Å². The number of nitrogens with one attached hydrogen (secondary N) is 1. The summed E-state index contributed by atoms with van der Waals surface area (Å²) in [5.41, 5.74) is 2.24. The van der Waals surface area contributed by atoms with E-state index in [9.17, 15) is 14.7 Å². The van der Waals surface area contributed by atoms with E-state index >= 15 is 0 Å². The number of carbonyl (C=O) groups excluding carboxylic acids is 2. The summed E-state index contributed by atoms with van der Waals surface area (Å²) < 4.78 is 0. The van der Waals surface area contributed by atoms with Crippen molar-refractivity contribution in [1.82, 2.24) is 5.43 Å². The third kappa shape index (κ3) is 3.22. The highest BCUT2D eigenvalue weighted by molar-refractivity contribution is 6.33. The zero-order valence-corrected chi connectivity index (χ0v) is 8.06. The molecule has 78 valence electrons. The van der Waals surface area contributed by atoms with Crippen LogP contribution in [0.25, 0.3) is 0 Å². The van der Waals surface area contributed by atoms with Crippen molar-refractivity contribution in [2.24, 2.45) is 5.10 Å². The molecule has 0 heterocycles. The van der Waals surface area contributed by atoms with Gasteiger partial charge in [-0.15, -0.1) is 0 Å². The third-order valence-electron chi connectivity index (χ3n) is 1.66. The molecular weight excluding hydrogens is 196 g/mol. The van der Waals surface area contributed by atoms with E-state index in [1.165, 1.54) is 6.92 Å². The molecule has 15 heavy (non-hydrogen) atoms. The van der Waals surface area contributed by atoms with Gasteiger partial charge in [0, 0.05) is 5.56 Å². The number of carboxylic acids is 1. The Labute approximate surface area is 86.4 Å². The van der Waals surface area contributed by atoms with Crippen LogP contribution in [-0.2, 0) is 4.79 Å². The second kappa shape index (κ2) is 4.90. The second-order valence-electron chi connectivity index (χ2n) is 2.79. The van der Waals surface area contributed by atoms with Crippen molar-refractivity contribution in [1.29, 1.82) is 0 Å². The van der Waals surface area contributed by atoms with Gasteiger partial charge in [-0.05, 0) is 19.1 Å². The molecule has 0 spiro atoms. The number of hydrogen-bond donors (Lipinski definition) is 1. The molecular formula is C10H9N2O3-. The van der Waals surface area contributed by atoms with Gasteiger partial charge in [0.25, 0.3) is 5.91 Å². The highest BCUT2D eigenvalue weighted by Gasteiger charge is 2.02. The fourth-order valence-corrected chi connectivity index (χ4v) is 0.834. The normalized spacial score (nSPS) is 10.9. The van der Waals surface area contributed by atoms with Gasteiger partial charge >= 0.3 is 0 Å². The molecule has 0 bridgehead atoms. The molecule has 1 rings (SSSR count). The van der Waals surface area contributed by atoms with Crippen LogP contribution >= 0.6 is 0 Å². The molecule has 0 aromatic heterocycles. The number of nitrogens with zero attached hydrogens (tertiary/aromatic N) is 1. The molecule has 1 N–H and O–H groups in total. The van der Waals surface area contributed by atoms with Crippen LogP contribution in [0.1, 0.15) is 17.3 Å². The largest absolute Gasteiger partial charge is 0.543 e. The zero-order chi connectivity index (χ0) is 11.3. The molecule has 1 aromatic carbocycles. The second-order valence-corrected chi connectivity index (χ2v) is 2.79. The smallest absolute Gasteiger partial charge is 0.271 e. The molecule has 0 atom stereocenters. The summed E-state index contributed by atoms with van der Waals surface area (Å²) in [6, 6.07) is 8.36. The highest BCUT2D eigenvalue weighted by Crippen LogP contribution is 1.97. The van der Waals surface area contributed by atoms with Gasteiger partial charge < -0.3 is 9.90 Å². The van der Waals surface area contributed by atoms with Crippen LogP contribution in [0.5, 0.6) is 0 Å². The minimum atomic E-state index is -1.41. The first-order valence-corrected chi connectivity index (χ1v) is 4.22. The van der Waals surface area contributed by atoms with E-state index in [1.54, 1.807) is 30.3 Å². The Morgan fingerprint density at radius 2 is 1.87 bits per heavy atom. The topological polar surface area (TPSA) is 81.6 Å². The van der Waals surface area contributed by atoms with E-state index in [1.807, 2.05) is 0 Å². The van der Waals surface area contributed by atoms with Gasteiger partial charge in [0.05, 0.1) is 11.7 Å². The SMILES string of the molecule is C/C(=N\NC(=O)c1ccccc1)C(=O)[O-]. The van der Waals surface area contributed by atoms with Gasteiger partial charge in [0.2, 0.25) is 0 Å². The van der Waals surface area contributed by atoms with Crippen LogP contribution in [0.2, 0.25) is 0 Å². The molecule has 0 unspecified atom stereocenters. The molecule has 5 heteroatoms. The van der Waals surface area contributed by atoms with Crippen LogP contribution in [0.4, 0.5) is 0 Å². The lowest BCUT2D eigenvalue weighted by Crippen LogP contribution is -2.32. The maximum atomic E-state index is 11.3. The minimum absolute atomic E-state index is 0.278. The van der Waals surface area contributed by atoms with Gasteiger partial charge in [-0.2, -0.15) is 5.10 Å². The summed E-state index contributed by atoms with van der Waals surface area (Å²) in [7, 11) is 0. The quantitative estimate of drug-likeness (QED) is 0.535. The molecule has 0 aliphatic rings. The number of amides is 1. The van der Waals surface area contributed by atoms with E-state index in [0.29, 0.717) is 5.56 Å². The Morgan fingerprint density at radius 3 is 2.40 bits per heavy atom. The lowest BCUT2D eigenvalue weighted by atomic mass is 10.2. The maximum absolute atomic E-state index is 11.3. The van der Waals surface area contributed by atoms with E-state index in [0.717, 1.165) is 0 Å². The number of rotatable bonds is 3. The first-order valence-electron chi connectivity index (χ1n) is 4.22. The van der Waals surface area contributed by atoms with E-state index in [-0.39, 0.29) is 5.71 Å². The van der Waals surface area contributed by atoms with Crippen molar-refractivity contribution in [2.75, 3.05) is 0 Å². The average molecular weight is 205 g/mol. The fraction of sp³-hybridized carbons (Fsp3) is 0.100. The number of hydrazone groups is 1. The van der Waals surface area contributed by atoms with E-state index < -0.39 is 11.9 Å². The summed E-state index contributed by atoms with van der Waals surface area (Å²) in [6.07, 6.45) is 0. The van der Waals surface area contributed by atoms with Gasteiger partial charge in [0.15, 0.2) is 0 Å². The lowest BCUT2D eigenvalue weighted by Gasteiger charge is -2.02. The monoisotopic (exact) mass is 205 g/mol. The van der Waals surface area contributed by atoms with Crippen molar-refractivity contribution in [3.63, 3.8) is 0 Å².